The number of hydrogen-bond donors (Lipinski definition) is 2. The molecule has 1 aliphatic rings. The zero-order chi connectivity index (χ0) is 18.3. The monoisotopic (exact) mass is 362 g/mol. The van der Waals surface area contributed by atoms with E-state index in [1.807, 2.05) is 12.1 Å². The second-order valence-corrected chi connectivity index (χ2v) is 6.86. The molecule has 0 spiro atoms. The number of piperidine rings is 1. The molecule has 2 amide bonds. The molecule has 134 valence electrons. The number of carbonyl (C=O) groups excluding carboxylic acids is 2. The molecule has 7 heteroatoms. The minimum Gasteiger partial charge on any atom is -0.370 e. The van der Waals surface area contributed by atoms with Crippen LogP contribution in [0.1, 0.15) is 31.2 Å². The Balaban J connectivity index is 1.81. The number of rotatable bonds is 7. The average Bonchev–Trinajstić information content (AvgIpc) is 2.60. The third-order valence-electron chi connectivity index (χ3n) is 4.53. The van der Waals surface area contributed by atoms with E-state index in [1.54, 1.807) is 12.1 Å². The highest BCUT2D eigenvalue weighted by Gasteiger charge is 2.35. The summed E-state index contributed by atoms with van der Waals surface area (Å²) >= 11 is 5.85. The molecule has 25 heavy (non-hydrogen) atoms. The van der Waals surface area contributed by atoms with Crippen LogP contribution in [0.3, 0.4) is 0 Å². The Labute approximate surface area is 152 Å². The summed E-state index contributed by atoms with van der Waals surface area (Å²) in [5.41, 5.74) is 5.38. The van der Waals surface area contributed by atoms with Gasteiger partial charge in [0.05, 0.1) is 6.07 Å². The number of likely N-dealkylation sites (tertiary alicyclic amines) is 1. The van der Waals surface area contributed by atoms with Crippen LogP contribution >= 0.6 is 11.6 Å². The van der Waals surface area contributed by atoms with Gasteiger partial charge in [0.1, 0.15) is 5.54 Å². The van der Waals surface area contributed by atoms with E-state index in [2.05, 4.69) is 16.3 Å². The summed E-state index contributed by atoms with van der Waals surface area (Å²) in [6, 6.07) is 9.66. The van der Waals surface area contributed by atoms with Gasteiger partial charge in [-0.05, 0) is 37.0 Å². The Morgan fingerprint density at radius 2 is 1.88 bits per heavy atom. The van der Waals surface area contributed by atoms with Crippen LogP contribution in [0, 0.1) is 11.3 Å². The highest BCUT2D eigenvalue weighted by Crippen LogP contribution is 2.22. The smallest absolute Gasteiger partial charge is 0.221 e. The minimum atomic E-state index is -0.819. The average molecular weight is 363 g/mol. The highest BCUT2D eigenvalue weighted by atomic mass is 35.5. The molecule has 0 aromatic heterocycles. The molecule has 1 aromatic carbocycles. The van der Waals surface area contributed by atoms with Crippen molar-refractivity contribution < 1.29 is 9.59 Å². The number of amides is 2. The van der Waals surface area contributed by atoms with E-state index < -0.39 is 5.54 Å². The first-order valence-electron chi connectivity index (χ1n) is 8.40. The van der Waals surface area contributed by atoms with Crippen molar-refractivity contribution in [1.82, 2.24) is 10.2 Å². The lowest BCUT2D eigenvalue weighted by molar-refractivity contribution is -0.122. The lowest BCUT2D eigenvalue weighted by atomic mass is 9.88. The van der Waals surface area contributed by atoms with Crippen LogP contribution < -0.4 is 11.1 Å². The minimum absolute atomic E-state index is 0.123. The van der Waals surface area contributed by atoms with E-state index in [4.69, 9.17) is 17.3 Å². The highest BCUT2D eigenvalue weighted by molar-refractivity contribution is 6.30. The second kappa shape index (κ2) is 8.84. The predicted octanol–water partition coefficient (Wildman–Crippen LogP) is 1.62. The number of primary amides is 1. The summed E-state index contributed by atoms with van der Waals surface area (Å²) in [6.07, 6.45) is 2.35. The first-order valence-corrected chi connectivity index (χ1v) is 8.78. The number of carbonyl (C=O) groups is 2. The topological polar surface area (TPSA) is 99.2 Å². The van der Waals surface area contributed by atoms with Crippen molar-refractivity contribution in [2.24, 2.45) is 5.73 Å². The number of halogens is 1. The van der Waals surface area contributed by atoms with Crippen LogP contribution in [-0.4, -0.2) is 41.9 Å². The number of benzene rings is 1. The molecule has 3 N–H and O–H groups in total. The Kier molecular flexibility index (Phi) is 6.80. The normalized spacial score (nSPS) is 16.8. The van der Waals surface area contributed by atoms with Gasteiger partial charge >= 0.3 is 0 Å². The fourth-order valence-electron chi connectivity index (χ4n) is 2.93. The van der Waals surface area contributed by atoms with Gasteiger partial charge in [-0.3, -0.25) is 9.59 Å². The Morgan fingerprint density at radius 3 is 2.44 bits per heavy atom. The SMILES string of the molecule is N#CC1(NC(=O)CCc2ccc(Cl)cc2)CCN(CCC(N)=O)CC1. The van der Waals surface area contributed by atoms with Gasteiger partial charge in [0.2, 0.25) is 11.8 Å². The molecule has 0 aliphatic carbocycles. The van der Waals surface area contributed by atoms with Crippen molar-refractivity contribution in [3.05, 3.63) is 34.9 Å². The lowest BCUT2D eigenvalue weighted by Crippen LogP contribution is -2.54. The van der Waals surface area contributed by atoms with Gasteiger partial charge in [-0.2, -0.15) is 5.26 Å². The van der Waals surface area contributed by atoms with Crippen molar-refractivity contribution >= 4 is 23.4 Å². The molecular formula is C18H23ClN4O2. The first-order chi connectivity index (χ1) is 11.9. The zero-order valence-corrected chi connectivity index (χ0v) is 14.9. The maximum atomic E-state index is 12.2. The van der Waals surface area contributed by atoms with E-state index >= 15 is 0 Å². The van der Waals surface area contributed by atoms with E-state index in [0.29, 0.717) is 56.8 Å². The Hall–Kier alpha value is -2.10. The number of nitrogens with one attached hydrogen (secondary N) is 1. The van der Waals surface area contributed by atoms with Crippen molar-refractivity contribution in [2.75, 3.05) is 19.6 Å². The van der Waals surface area contributed by atoms with E-state index in [-0.39, 0.29) is 11.8 Å². The van der Waals surface area contributed by atoms with Crippen molar-refractivity contribution in [2.45, 2.75) is 37.6 Å². The largest absolute Gasteiger partial charge is 0.370 e. The number of nitrogens with two attached hydrogens (primary N) is 1. The van der Waals surface area contributed by atoms with Crippen LogP contribution in [-0.2, 0) is 16.0 Å². The van der Waals surface area contributed by atoms with Crippen molar-refractivity contribution in [1.29, 1.82) is 5.26 Å². The third kappa shape index (κ3) is 6.04. The molecule has 2 rings (SSSR count). The number of aryl methyl sites for hydroxylation is 1. The molecule has 0 radical (unpaired) electrons. The molecule has 0 saturated carbocycles. The Bertz CT molecular complexity index is 646. The lowest BCUT2D eigenvalue weighted by Gasteiger charge is -2.37. The van der Waals surface area contributed by atoms with Gasteiger partial charge in [0, 0.05) is 37.5 Å². The van der Waals surface area contributed by atoms with Gasteiger partial charge in [0.15, 0.2) is 0 Å². The van der Waals surface area contributed by atoms with E-state index in [0.717, 1.165) is 5.56 Å². The molecular weight excluding hydrogens is 340 g/mol. The van der Waals surface area contributed by atoms with Gasteiger partial charge in [0.25, 0.3) is 0 Å². The molecule has 1 aromatic rings. The first kappa shape index (κ1) is 19.2. The summed E-state index contributed by atoms with van der Waals surface area (Å²) in [5, 5.41) is 13.1. The molecule has 6 nitrogen and oxygen atoms in total. The van der Waals surface area contributed by atoms with E-state index in [9.17, 15) is 14.9 Å². The maximum absolute atomic E-state index is 12.2. The van der Waals surface area contributed by atoms with Crippen LogP contribution in [0.15, 0.2) is 24.3 Å². The fourth-order valence-corrected chi connectivity index (χ4v) is 3.06. The number of hydrogen-bond acceptors (Lipinski definition) is 4. The molecule has 0 bridgehead atoms. The molecule has 1 heterocycles. The molecule has 1 saturated heterocycles. The molecule has 1 aliphatic heterocycles. The predicted molar refractivity (Wildman–Crippen MR) is 95.7 cm³/mol. The summed E-state index contributed by atoms with van der Waals surface area (Å²) < 4.78 is 0. The summed E-state index contributed by atoms with van der Waals surface area (Å²) in [6.45, 7) is 1.93. The van der Waals surface area contributed by atoms with Gasteiger partial charge in [-0.25, -0.2) is 0 Å². The third-order valence-corrected chi connectivity index (χ3v) is 4.78. The number of nitriles is 1. The van der Waals surface area contributed by atoms with Crippen LogP contribution in [0.2, 0.25) is 5.02 Å². The summed E-state index contributed by atoms with van der Waals surface area (Å²) in [4.78, 5) is 25.2. The van der Waals surface area contributed by atoms with Gasteiger partial charge < -0.3 is 16.0 Å². The van der Waals surface area contributed by atoms with E-state index in [1.165, 1.54) is 0 Å². The van der Waals surface area contributed by atoms with Crippen LogP contribution in [0.4, 0.5) is 0 Å². The fraction of sp³-hybridized carbons (Fsp3) is 0.500. The van der Waals surface area contributed by atoms with Crippen LogP contribution in [0.25, 0.3) is 0 Å². The molecule has 1 fully saturated rings. The molecule has 0 unspecified atom stereocenters. The standard InChI is InChI=1S/C18H23ClN4O2/c19-15-4-1-14(2-5-15)3-6-17(25)22-18(13-20)8-11-23(12-9-18)10-7-16(21)24/h1-2,4-5H,3,6-12H2,(H2,21,24)(H,22,25). The van der Waals surface area contributed by atoms with Gasteiger partial charge in [-0.1, -0.05) is 23.7 Å². The molecule has 0 atom stereocenters. The van der Waals surface area contributed by atoms with Crippen molar-refractivity contribution in [3.63, 3.8) is 0 Å². The zero-order valence-electron chi connectivity index (χ0n) is 14.1. The van der Waals surface area contributed by atoms with Gasteiger partial charge in [-0.15, -0.1) is 0 Å². The summed E-state index contributed by atoms with van der Waals surface area (Å²) in [5.74, 6) is -0.449. The second-order valence-electron chi connectivity index (χ2n) is 6.43. The van der Waals surface area contributed by atoms with Crippen LogP contribution in [0.5, 0.6) is 0 Å². The number of nitrogens with zero attached hydrogens (tertiary/aromatic N) is 2. The maximum Gasteiger partial charge on any atom is 0.221 e. The Morgan fingerprint density at radius 1 is 1.24 bits per heavy atom. The summed E-state index contributed by atoms with van der Waals surface area (Å²) in [7, 11) is 0. The quantitative estimate of drug-likeness (QED) is 0.769. The van der Waals surface area contributed by atoms with Crippen molar-refractivity contribution in [3.8, 4) is 6.07 Å².